The average molecular weight is 227 g/mol. The van der Waals surface area contributed by atoms with Crippen molar-refractivity contribution in [2.75, 3.05) is 0 Å². The van der Waals surface area contributed by atoms with Gasteiger partial charge in [-0.05, 0) is 29.6 Å². The van der Waals surface area contributed by atoms with Crippen molar-refractivity contribution in [1.82, 2.24) is 0 Å². The van der Waals surface area contributed by atoms with Gasteiger partial charge in [-0.25, -0.2) is 0 Å². The molecule has 0 aromatic heterocycles. The van der Waals surface area contributed by atoms with Gasteiger partial charge in [-0.2, -0.15) is 0 Å². The summed E-state index contributed by atoms with van der Waals surface area (Å²) in [5.74, 6) is 0.656. The van der Waals surface area contributed by atoms with E-state index in [1.165, 1.54) is 6.42 Å². The van der Waals surface area contributed by atoms with Crippen molar-refractivity contribution in [3.63, 3.8) is 0 Å². The largest absolute Gasteiger partial charge is 0.325 e. The van der Waals surface area contributed by atoms with Crippen molar-refractivity contribution < 1.29 is 0 Å². The van der Waals surface area contributed by atoms with E-state index >= 15 is 0 Å². The highest BCUT2D eigenvalue weighted by molar-refractivity contribution is 4.97. The van der Waals surface area contributed by atoms with E-state index in [2.05, 4.69) is 55.4 Å². The average Bonchev–Trinajstić information content (AvgIpc) is 2.00. The normalized spacial score (nSPS) is 19.3. The van der Waals surface area contributed by atoms with Gasteiger partial charge in [0.1, 0.15) is 0 Å². The Balaban J connectivity index is 4.83. The maximum Gasteiger partial charge on any atom is 0.0206 e. The molecule has 0 fully saturated rings. The van der Waals surface area contributed by atoms with E-state index in [9.17, 15) is 0 Å². The molecule has 0 radical (unpaired) electrons. The van der Waals surface area contributed by atoms with Gasteiger partial charge in [0.05, 0.1) is 0 Å². The zero-order valence-electron chi connectivity index (χ0n) is 12.8. The standard InChI is InChI=1S/C15H33N/c1-9-10-15(16,14(6,7)8)11-12(2)13(3,4)5/h12H,9-11,16H2,1-8H3. The molecular formula is C15H33N. The van der Waals surface area contributed by atoms with Gasteiger partial charge >= 0.3 is 0 Å². The van der Waals surface area contributed by atoms with E-state index in [0.29, 0.717) is 11.3 Å². The molecule has 2 N–H and O–H groups in total. The van der Waals surface area contributed by atoms with E-state index in [4.69, 9.17) is 5.73 Å². The Bertz CT molecular complexity index is 206. The molecule has 0 aromatic carbocycles. The lowest BCUT2D eigenvalue weighted by Gasteiger charge is -2.46. The summed E-state index contributed by atoms with van der Waals surface area (Å²) < 4.78 is 0. The van der Waals surface area contributed by atoms with Crippen molar-refractivity contribution in [2.45, 2.75) is 80.2 Å². The monoisotopic (exact) mass is 227 g/mol. The van der Waals surface area contributed by atoms with Crippen molar-refractivity contribution in [3.05, 3.63) is 0 Å². The lowest BCUT2D eigenvalue weighted by molar-refractivity contribution is 0.102. The molecular weight excluding hydrogens is 194 g/mol. The Morgan fingerprint density at radius 1 is 1.00 bits per heavy atom. The summed E-state index contributed by atoms with van der Waals surface area (Å²) >= 11 is 0. The van der Waals surface area contributed by atoms with Gasteiger partial charge in [0.15, 0.2) is 0 Å². The molecule has 0 aliphatic carbocycles. The van der Waals surface area contributed by atoms with E-state index in [1.54, 1.807) is 0 Å². The number of hydrogen-bond donors (Lipinski definition) is 1. The van der Waals surface area contributed by atoms with Crippen LogP contribution in [0.3, 0.4) is 0 Å². The van der Waals surface area contributed by atoms with Crippen LogP contribution in [0.5, 0.6) is 0 Å². The Labute approximate surface area is 103 Å². The summed E-state index contributed by atoms with van der Waals surface area (Å²) in [4.78, 5) is 0. The van der Waals surface area contributed by atoms with E-state index in [1.807, 2.05) is 0 Å². The van der Waals surface area contributed by atoms with Crippen LogP contribution >= 0.6 is 0 Å². The molecule has 0 aliphatic heterocycles. The summed E-state index contributed by atoms with van der Waals surface area (Å²) in [6, 6.07) is 0. The third kappa shape index (κ3) is 4.08. The maximum absolute atomic E-state index is 6.68. The van der Waals surface area contributed by atoms with Gasteiger partial charge in [0, 0.05) is 5.54 Å². The van der Waals surface area contributed by atoms with Gasteiger partial charge in [-0.1, -0.05) is 61.8 Å². The quantitative estimate of drug-likeness (QED) is 0.746. The van der Waals surface area contributed by atoms with Crippen LogP contribution in [-0.4, -0.2) is 5.54 Å². The second kappa shape index (κ2) is 5.08. The fourth-order valence-electron chi connectivity index (χ4n) is 2.08. The zero-order valence-corrected chi connectivity index (χ0v) is 12.8. The second-order valence-electron chi connectivity index (χ2n) is 7.63. The fraction of sp³-hybridized carbons (Fsp3) is 1.00. The van der Waals surface area contributed by atoms with Crippen LogP contribution in [0.1, 0.15) is 74.7 Å². The Morgan fingerprint density at radius 2 is 1.44 bits per heavy atom. The molecule has 0 rings (SSSR count). The minimum absolute atomic E-state index is 0.0333. The molecule has 16 heavy (non-hydrogen) atoms. The molecule has 98 valence electrons. The van der Waals surface area contributed by atoms with Crippen molar-refractivity contribution >= 4 is 0 Å². The summed E-state index contributed by atoms with van der Waals surface area (Å²) in [6.07, 6.45) is 3.41. The van der Waals surface area contributed by atoms with E-state index in [0.717, 1.165) is 12.8 Å². The molecule has 0 spiro atoms. The van der Waals surface area contributed by atoms with Gasteiger partial charge in [-0.3, -0.25) is 0 Å². The van der Waals surface area contributed by atoms with Crippen LogP contribution < -0.4 is 5.73 Å². The summed E-state index contributed by atoms with van der Waals surface area (Å²) in [5, 5.41) is 0. The summed E-state index contributed by atoms with van der Waals surface area (Å²) in [6.45, 7) is 18.3. The van der Waals surface area contributed by atoms with Gasteiger partial charge in [-0.15, -0.1) is 0 Å². The predicted octanol–water partition coefficient (Wildman–Crippen LogP) is 4.60. The number of hydrogen-bond acceptors (Lipinski definition) is 1. The highest BCUT2D eigenvalue weighted by Gasteiger charge is 2.40. The Hall–Kier alpha value is -0.0400. The smallest absolute Gasteiger partial charge is 0.0206 e. The lowest BCUT2D eigenvalue weighted by atomic mass is 9.64. The molecule has 1 heteroatoms. The minimum Gasteiger partial charge on any atom is -0.325 e. The third-order valence-electron chi connectivity index (χ3n) is 4.34. The Morgan fingerprint density at radius 3 is 1.69 bits per heavy atom. The zero-order chi connectivity index (χ0) is 13.2. The SMILES string of the molecule is CCCC(N)(CC(C)C(C)(C)C)C(C)(C)C. The first-order valence-corrected chi connectivity index (χ1v) is 6.73. The molecule has 0 aliphatic rings. The predicted molar refractivity (Wildman–Crippen MR) is 74.5 cm³/mol. The first-order chi connectivity index (χ1) is 6.94. The molecule has 0 heterocycles. The van der Waals surface area contributed by atoms with Gasteiger partial charge in [0.25, 0.3) is 0 Å². The third-order valence-corrected chi connectivity index (χ3v) is 4.34. The Kier molecular flexibility index (Phi) is 5.07. The lowest BCUT2D eigenvalue weighted by Crippen LogP contribution is -2.53. The number of rotatable bonds is 4. The van der Waals surface area contributed by atoms with Crippen LogP contribution in [0, 0.1) is 16.7 Å². The van der Waals surface area contributed by atoms with Crippen LogP contribution in [-0.2, 0) is 0 Å². The first kappa shape index (κ1) is 16.0. The fourth-order valence-corrected chi connectivity index (χ4v) is 2.08. The molecule has 0 saturated heterocycles. The van der Waals surface area contributed by atoms with Crippen LogP contribution in [0.25, 0.3) is 0 Å². The molecule has 2 unspecified atom stereocenters. The topological polar surface area (TPSA) is 26.0 Å². The van der Waals surface area contributed by atoms with Crippen LogP contribution in [0.2, 0.25) is 0 Å². The highest BCUT2D eigenvalue weighted by atomic mass is 14.8. The molecule has 0 aromatic rings. The van der Waals surface area contributed by atoms with Crippen molar-refractivity contribution in [2.24, 2.45) is 22.5 Å². The van der Waals surface area contributed by atoms with Gasteiger partial charge < -0.3 is 5.73 Å². The second-order valence-corrected chi connectivity index (χ2v) is 7.63. The van der Waals surface area contributed by atoms with E-state index in [-0.39, 0.29) is 11.0 Å². The molecule has 0 bridgehead atoms. The number of nitrogens with two attached hydrogens (primary N) is 1. The maximum atomic E-state index is 6.68. The molecule has 0 saturated carbocycles. The molecule has 0 amide bonds. The highest BCUT2D eigenvalue weighted by Crippen LogP contribution is 2.41. The van der Waals surface area contributed by atoms with Crippen LogP contribution in [0.4, 0.5) is 0 Å². The van der Waals surface area contributed by atoms with Crippen molar-refractivity contribution in [3.8, 4) is 0 Å². The van der Waals surface area contributed by atoms with E-state index < -0.39 is 0 Å². The minimum atomic E-state index is -0.0333. The summed E-state index contributed by atoms with van der Waals surface area (Å²) in [7, 11) is 0. The molecule has 2 atom stereocenters. The first-order valence-electron chi connectivity index (χ1n) is 6.73. The molecule has 1 nitrogen and oxygen atoms in total. The summed E-state index contributed by atoms with van der Waals surface area (Å²) in [5.41, 5.74) is 7.18. The van der Waals surface area contributed by atoms with Gasteiger partial charge in [0.2, 0.25) is 0 Å². The van der Waals surface area contributed by atoms with Crippen LogP contribution in [0.15, 0.2) is 0 Å². The van der Waals surface area contributed by atoms with Crippen molar-refractivity contribution in [1.29, 1.82) is 0 Å².